The van der Waals surface area contributed by atoms with Crippen molar-refractivity contribution in [2.75, 3.05) is 18.9 Å². The lowest BCUT2D eigenvalue weighted by Gasteiger charge is -2.13. The Morgan fingerprint density at radius 1 is 1.45 bits per heavy atom. The third kappa shape index (κ3) is 3.79. The summed E-state index contributed by atoms with van der Waals surface area (Å²) in [7, 11) is 0. The van der Waals surface area contributed by atoms with Gasteiger partial charge in [-0.2, -0.15) is 10.3 Å². The van der Waals surface area contributed by atoms with Gasteiger partial charge in [0.15, 0.2) is 0 Å². The first kappa shape index (κ1) is 14.9. The van der Waals surface area contributed by atoms with E-state index in [-0.39, 0.29) is 11.8 Å². The number of carbonyl (C=O) groups is 1. The molecule has 1 aliphatic heterocycles. The van der Waals surface area contributed by atoms with Crippen LogP contribution in [0.1, 0.15) is 12.0 Å². The number of benzene rings is 1. The van der Waals surface area contributed by atoms with E-state index in [4.69, 9.17) is 4.74 Å². The van der Waals surface area contributed by atoms with Gasteiger partial charge in [0.2, 0.25) is 5.91 Å². The first-order valence-corrected chi connectivity index (χ1v) is 8.28. The molecule has 1 aromatic heterocycles. The maximum Gasteiger partial charge on any atom is 0.223 e. The molecule has 7 heteroatoms. The van der Waals surface area contributed by atoms with Crippen molar-refractivity contribution in [1.29, 1.82) is 0 Å². The lowest BCUT2D eigenvalue weighted by Crippen LogP contribution is -2.33. The number of H-pyrrole nitrogens is 1. The van der Waals surface area contributed by atoms with Crippen LogP contribution in [0.5, 0.6) is 5.75 Å². The summed E-state index contributed by atoms with van der Waals surface area (Å²) in [5.74, 6) is 1.75. The number of hydrogen-bond acceptors (Lipinski definition) is 5. The summed E-state index contributed by atoms with van der Waals surface area (Å²) < 4.78 is 5.70. The highest BCUT2D eigenvalue weighted by Crippen LogP contribution is 2.26. The van der Waals surface area contributed by atoms with Crippen molar-refractivity contribution in [2.45, 2.75) is 17.9 Å². The van der Waals surface area contributed by atoms with Crippen LogP contribution in [0.15, 0.2) is 35.5 Å². The molecule has 0 bridgehead atoms. The highest BCUT2D eigenvalue weighted by atomic mass is 32.2. The van der Waals surface area contributed by atoms with Gasteiger partial charge in [0.05, 0.1) is 12.8 Å². The van der Waals surface area contributed by atoms with E-state index in [1.807, 2.05) is 24.3 Å². The van der Waals surface area contributed by atoms with Crippen LogP contribution >= 0.6 is 11.8 Å². The fraction of sp³-hybridized carbons (Fsp3) is 0.400. The van der Waals surface area contributed by atoms with E-state index < -0.39 is 0 Å². The summed E-state index contributed by atoms with van der Waals surface area (Å²) in [6.45, 7) is 1.21. The topological polar surface area (TPSA) is 79.9 Å². The van der Waals surface area contributed by atoms with Crippen LogP contribution < -0.4 is 10.1 Å². The van der Waals surface area contributed by atoms with Crippen molar-refractivity contribution >= 4 is 17.7 Å². The molecule has 22 heavy (non-hydrogen) atoms. The van der Waals surface area contributed by atoms with Crippen molar-refractivity contribution in [3.8, 4) is 5.75 Å². The highest BCUT2D eigenvalue weighted by Gasteiger charge is 2.23. The Hall–Kier alpha value is -2.02. The number of rotatable bonds is 5. The second kappa shape index (κ2) is 7.31. The third-order valence-electron chi connectivity index (χ3n) is 3.58. The minimum Gasteiger partial charge on any atom is -0.493 e. The minimum absolute atomic E-state index is 0.0271. The molecule has 116 valence electrons. The Morgan fingerprint density at radius 2 is 2.36 bits per heavy atom. The molecule has 1 amide bonds. The molecular weight excluding hydrogens is 300 g/mol. The Bertz CT molecular complexity index is 618. The number of ether oxygens (including phenoxy) is 1. The van der Waals surface area contributed by atoms with Gasteiger partial charge in [0, 0.05) is 18.2 Å². The molecule has 2 N–H and O–H groups in total. The molecule has 2 aromatic rings. The van der Waals surface area contributed by atoms with Crippen LogP contribution in [0, 0.1) is 5.92 Å². The molecule has 6 nitrogen and oxygen atoms in total. The fourth-order valence-electron chi connectivity index (χ4n) is 2.45. The smallest absolute Gasteiger partial charge is 0.223 e. The van der Waals surface area contributed by atoms with E-state index in [9.17, 15) is 4.79 Å². The Balaban J connectivity index is 1.48. The van der Waals surface area contributed by atoms with Gasteiger partial charge in [-0.1, -0.05) is 18.2 Å². The number of hydrogen-bond donors (Lipinski definition) is 2. The highest BCUT2D eigenvalue weighted by molar-refractivity contribution is 7.99. The number of para-hydroxylation sites is 1. The first-order chi connectivity index (χ1) is 10.8. The van der Waals surface area contributed by atoms with Gasteiger partial charge in [-0.25, -0.2) is 0 Å². The third-order valence-corrected chi connectivity index (χ3v) is 4.48. The van der Waals surface area contributed by atoms with Crippen molar-refractivity contribution in [1.82, 2.24) is 20.7 Å². The van der Waals surface area contributed by atoms with Crippen LogP contribution in [0.2, 0.25) is 0 Å². The molecule has 1 aliphatic rings. The van der Waals surface area contributed by atoms with Gasteiger partial charge in [-0.15, -0.1) is 16.9 Å². The summed E-state index contributed by atoms with van der Waals surface area (Å²) in [6.07, 6.45) is 3.15. The monoisotopic (exact) mass is 318 g/mol. The van der Waals surface area contributed by atoms with Gasteiger partial charge in [-0.3, -0.25) is 4.79 Å². The minimum atomic E-state index is -0.0271. The number of aromatic amines is 1. The second-order valence-electron chi connectivity index (χ2n) is 5.09. The molecule has 1 unspecified atom stereocenters. The standard InChI is InChI=1S/C15H18N4O2S/c20-15(16-6-8-22-14-10-17-19-18-14)12-5-7-21-13-4-2-1-3-11(13)9-12/h1-4,10,12H,5-9H2,(H,16,20)(H,17,18,19). The molecule has 1 atom stereocenters. The lowest BCUT2D eigenvalue weighted by atomic mass is 9.96. The van der Waals surface area contributed by atoms with Crippen molar-refractivity contribution in [3.05, 3.63) is 36.0 Å². The van der Waals surface area contributed by atoms with E-state index in [2.05, 4.69) is 20.7 Å². The van der Waals surface area contributed by atoms with E-state index in [0.29, 0.717) is 13.2 Å². The summed E-state index contributed by atoms with van der Waals surface area (Å²) in [6, 6.07) is 7.93. The predicted octanol–water partition coefficient (Wildman–Crippen LogP) is 1.65. The zero-order valence-corrected chi connectivity index (χ0v) is 12.9. The second-order valence-corrected chi connectivity index (χ2v) is 6.21. The largest absolute Gasteiger partial charge is 0.493 e. The molecular formula is C15H18N4O2S. The lowest BCUT2D eigenvalue weighted by molar-refractivity contribution is -0.125. The summed E-state index contributed by atoms with van der Waals surface area (Å²) in [5.41, 5.74) is 1.11. The van der Waals surface area contributed by atoms with E-state index in [0.717, 1.165) is 34.9 Å². The van der Waals surface area contributed by atoms with Crippen molar-refractivity contribution in [3.63, 3.8) is 0 Å². The van der Waals surface area contributed by atoms with Crippen LogP contribution in [-0.2, 0) is 11.2 Å². The van der Waals surface area contributed by atoms with Gasteiger partial charge in [0.1, 0.15) is 10.8 Å². The van der Waals surface area contributed by atoms with Gasteiger partial charge < -0.3 is 10.1 Å². The number of nitrogens with zero attached hydrogens (tertiary/aromatic N) is 2. The summed E-state index contributed by atoms with van der Waals surface area (Å²) >= 11 is 1.56. The number of thioether (sulfide) groups is 1. The predicted molar refractivity (Wildman–Crippen MR) is 83.9 cm³/mol. The molecule has 0 spiro atoms. The molecule has 0 saturated carbocycles. The number of aromatic nitrogens is 3. The Morgan fingerprint density at radius 3 is 3.23 bits per heavy atom. The van der Waals surface area contributed by atoms with E-state index >= 15 is 0 Å². The number of amides is 1. The molecule has 2 heterocycles. The molecule has 3 rings (SSSR count). The zero-order valence-electron chi connectivity index (χ0n) is 12.1. The maximum absolute atomic E-state index is 12.3. The van der Waals surface area contributed by atoms with Crippen molar-refractivity contribution in [2.24, 2.45) is 5.92 Å². The molecule has 0 fully saturated rings. The molecule has 0 saturated heterocycles. The van der Waals surface area contributed by atoms with Crippen molar-refractivity contribution < 1.29 is 9.53 Å². The normalized spacial score (nSPS) is 17.2. The summed E-state index contributed by atoms with van der Waals surface area (Å²) in [5, 5.41) is 14.1. The number of fused-ring (bicyclic) bond motifs is 1. The van der Waals surface area contributed by atoms with Gasteiger partial charge >= 0.3 is 0 Å². The Kier molecular flexibility index (Phi) is 4.95. The maximum atomic E-state index is 12.3. The quantitative estimate of drug-likeness (QED) is 0.647. The van der Waals surface area contributed by atoms with Gasteiger partial charge in [0.25, 0.3) is 0 Å². The summed E-state index contributed by atoms with van der Waals surface area (Å²) in [4.78, 5) is 12.3. The SMILES string of the molecule is O=C(NCCSc1cn[nH]n1)C1CCOc2ccccc2C1. The fourth-order valence-corrected chi connectivity index (χ4v) is 3.10. The number of carbonyl (C=O) groups excluding carboxylic acids is 1. The van der Waals surface area contributed by atoms with Gasteiger partial charge in [-0.05, 0) is 24.5 Å². The molecule has 0 radical (unpaired) electrons. The molecule has 0 aliphatic carbocycles. The first-order valence-electron chi connectivity index (χ1n) is 7.30. The number of nitrogens with one attached hydrogen (secondary N) is 2. The average Bonchev–Trinajstić information content (AvgIpc) is 2.95. The Labute approximate surface area is 133 Å². The molecule has 1 aromatic carbocycles. The van der Waals surface area contributed by atoms with Crippen LogP contribution in [0.3, 0.4) is 0 Å². The van der Waals surface area contributed by atoms with Crippen LogP contribution in [0.25, 0.3) is 0 Å². The van der Waals surface area contributed by atoms with Crippen LogP contribution in [-0.4, -0.2) is 40.2 Å². The van der Waals surface area contributed by atoms with Crippen LogP contribution in [0.4, 0.5) is 0 Å². The van der Waals surface area contributed by atoms with E-state index in [1.165, 1.54) is 0 Å². The van der Waals surface area contributed by atoms with E-state index in [1.54, 1.807) is 18.0 Å². The average molecular weight is 318 g/mol. The zero-order chi connectivity index (χ0) is 15.2.